The Morgan fingerprint density at radius 2 is 1.95 bits per heavy atom. The van der Waals surface area contributed by atoms with Crippen LogP contribution in [0.1, 0.15) is 20.8 Å². The van der Waals surface area contributed by atoms with Crippen LogP contribution in [0.2, 0.25) is 5.02 Å². The van der Waals surface area contributed by atoms with Crippen molar-refractivity contribution in [1.29, 1.82) is 0 Å². The van der Waals surface area contributed by atoms with Crippen molar-refractivity contribution in [2.75, 3.05) is 5.32 Å². The van der Waals surface area contributed by atoms with E-state index in [-0.39, 0.29) is 16.6 Å². The molecule has 0 heterocycles. The molecule has 1 unspecified atom stereocenters. The first kappa shape index (κ1) is 17.4. The third-order valence-corrected chi connectivity index (χ3v) is 3.46. The van der Waals surface area contributed by atoms with Gasteiger partial charge in [-0.3, -0.25) is 0 Å². The summed E-state index contributed by atoms with van der Waals surface area (Å²) in [6.45, 7) is 4.90. The molecular weight excluding hydrogens is 311 g/mol. The lowest BCUT2D eigenvalue weighted by atomic mass is 9.88. The Bertz CT molecular complexity index is 534. The largest absolute Gasteiger partial charge is 0.573 e. The van der Waals surface area contributed by atoms with E-state index in [1.54, 1.807) is 13.8 Å². The van der Waals surface area contributed by atoms with Gasteiger partial charge in [0.15, 0.2) is 0 Å². The van der Waals surface area contributed by atoms with Crippen LogP contribution in [0.4, 0.5) is 18.9 Å². The highest BCUT2D eigenvalue weighted by Gasteiger charge is 2.37. The number of rotatable bonds is 5. The molecule has 0 aromatic heterocycles. The zero-order chi connectivity index (χ0) is 16.4. The van der Waals surface area contributed by atoms with Gasteiger partial charge in [-0.15, -0.1) is 13.2 Å². The first-order valence-corrected chi connectivity index (χ1v) is 6.40. The first-order valence-electron chi connectivity index (χ1n) is 6.02. The van der Waals surface area contributed by atoms with Crippen molar-refractivity contribution in [3.63, 3.8) is 0 Å². The second-order valence-electron chi connectivity index (χ2n) is 4.98. The third kappa shape index (κ3) is 4.42. The number of hydrogen-bond donors (Lipinski definition) is 2. The van der Waals surface area contributed by atoms with Crippen LogP contribution in [0.5, 0.6) is 5.75 Å². The van der Waals surface area contributed by atoms with Crippen LogP contribution in [0.15, 0.2) is 18.2 Å². The zero-order valence-corrected chi connectivity index (χ0v) is 12.3. The van der Waals surface area contributed by atoms with Crippen LogP contribution in [-0.4, -0.2) is 23.0 Å². The summed E-state index contributed by atoms with van der Waals surface area (Å²) >= 11 is 5.71. The molecule has 0 aliphatic rings. The van der Waals surface area contributed by atoms with Crippen molar-refractivity contribution in [2.45, 2.75) is 32.7 Å². The number of hydrogen-bond acceptors (Lipinski definition) is 3. The number of alkyl halides is 3. The van der Waals surface area contributed by atoms with Gasteiger partial charge < -0.3 is 15.2 Å². The Labute approximate surface area is 124 Å². The highest BCUT2D eigenvalue weighted by Crippen LogP contribution is 2.33. The number of ether oxygens (including phenoxy) is 1. The van der Waals surface area contributed by atoms with Crippen molar-refractivity contribution < 1.29 is 27.8 Å². The number of aliphatic carboxylic acids is 1. The topological polar surface area (TPSA) is 58.6 Å². The Hall–Kier alpha value is -1.63. The number of anilines is 1. The fourth-order valence-corrected chi connectivity index (χ4v) is 1.75. The molecule has 0 saturated heterocycles. The average Bonchev–Trinajstić information content (AvgIpc) is 2.30. The number of nitrogens with one attached hydrogen (secondary N) is 1. The Balaban J connectivity index is 3.02. The van der Waals surface area contributed by atoms with E-state index >= 15 is 0 Å². The van der Waals surface area contributed by atoms with Crippen molar-refractivity contribution in [2.24, 2.45) is 5.92 Å². The number of carboxylic acids is 1. The molecule has 0 saturated carbocycles. The maximum atomic E-state index is 12.1. The summed E-state index contributed by atoms with van der Waals surface area (Å²) in [6, 6.07) is 3.49. The summed E-state index contributed by atoms with van der Waals surface area (Å²) in [5.74, 6) is -1.89. The van der Waals surface area contributed by atoms with Crippen LogP contribution in [0, 0.1) is 5.92 Å². The quantitative estimate of drug-likeness (QED) is 0.854. The molecule has 1 aromatic rings. The van der Waals surface area contributed by atoms with Gasteiger partial charge >= 0.3 is 12.3 Å². The van der Waals surface area contributed by atoms with Gasteiger partial charge in [0, 0.05) is 5.69 Å². The van der Waals surface area contributed by atoms with Gasteiger partial charge in [0.1, 0.15) is 11.3 Å². The van der Waals surface area contributed by atoms with E-state index in [1.165, 1.54) is 19.1 Å². The second-order valence-corrected chi connectivity index (χ2v) is 5.39. The summed E-state index contributed by atoms with van der Waals surface area (Å²) in [6.07, 6.45) is -4.84. The molecule has 1 atom stereocenters. The molecule has 1 aromatic carbocycles. The lowest BCUT2D eigenvalue weighted by Gasteiger charge is -2.31. The van der Waals surface area contributed by atoms with E-state index < -0.39 is 23.6 Å². The molecule has 1 rings (SSSR count). The molecule has 0 fully saturated rings. The minimum absolute atomic E-state index is 0.264. The summed E-state index contributed by atoms with van der Waals surface area (Å²) < 4.78 is 40.1. The Kier molecular flexibility index (Phi) is 4.99. The molecule has 0 amide bonds. The lowest BCUT2D eigenvalue weighted by molar-refractivity contribution is -0.274. The number of carboxylic acid groups (broad SMARTS) is 1. The van der Waals surface area contributed by atoms with Crippen LogP contribution in [-0.2, 0) is 4.79 Å². The van der Waals surface area contributed by atoms with Gasteiger partial charge in [-0.1, -0.05) is 25.4 Å². The van der Waals surface area contributed by atoms with Gasteiger partial charge in [-0.25, -0.2) is 4.79 Å². The average molecular weight is 326 g/mol. The standard InChI is InChI=1S/C13H15ClF3NO3/c1-7(2)12(3,11(19)20)18-8-4-5-10(9(14)6-8)21-13(15,16)17/h4-7,18H,1-3H3,(H,19,20). The molecule has 0 bridgehead atoms. The van der Waals surface area contributed by atoms with E-state index in [0.29, 0.717) is 0 Å². The SMILES string of the molecule is CC(C)C(C)(Nc1ccc(OC(F)(F)F)c(Cl)c1)C(=O)O. The predicted molar refractivity (Wildman–Crippen MR) is 72.6 cm³/mol. The number of benzene rings is 1. The molecule has 0 aliphatic heterocycles. The van der Waals surface area contributed by atoms with E-state index in [4.69, 9.17) is 11.6 Å². The fraction of sp³-hybridized carbons (Fsp3) is 0.462. The third-order valence-electron chi connectivity index (χ3n) is 3.16. The Morgan fingerprint density at radius 3 is 2.33 bits per heavy atom. The fourth-order valence-electron chi connectivity index (χ4n) is 1.53. The van der Waals surface area contributed by atoms with E-state index in [2.05, 4.69) is 10.1 Å². The van der Waals surface area contributed by atoms with Crippen molar-refractivity contribution in [1.82, 2.24) is 0 Å². The number of carbonyl (C=O) groups is 1. The molecule has 4 nitrogen and oxygen atoms in total. The van der Waals surface area contributed by atoms with Crippen LogP contribution in [0.25, 0.3) is 0 Å². The molecule has 118 valence electrons. The molecule has 2 N–H and O–H groups in total. The molecular formula is C13H15ClF3NO3. The smallest absolute Gasteiger partial charge is 0.480 e. The Morgan fingerprint density at radius 1 is 1.38 bits per heavy atom. The molecule has 0 radical (unpaired) electrons. The minimum Gasteiger partial charge on any atom is -0.480 e. The highest BCUT2D eigenvalue weighted by atomic mass is 35.5. The van der Waals surface area contributed by atoms with Gasteiger partial charge in [-0.2, -0.15) is 0 Å². The first-order chi connectivity index (χ1) is 9.45. The zero-order valence-electron chi connectivity index (χ0n) is 11.6. The molecule has 0 aliphatic carbocycles. The van der Waals surface area contributed by atoms with Crippen molar-refractivity contribution >= 4 is 23.3 Å². The summed E-state index contributed by atoms with van der Waals surface area (Å²) in [5.41, 5.74) is -0.997. The van der Waals surface area contributed by atoms with Crippen LogP contribution >= 0.6 is 11.6 Å². The van der Waals surface area contributed by atoms with E-state index in [9.17, 15) is 23.1 Å². The highest BCUT2D eigenvalue weighted by molar-refractivity contribution is 6.32. The molecule has 0 spiro atoms. The normalized spacial score (nSPS) is 14.7. The maximum Gasteiger partial charge on any atom is 0.573 e. The number of halogens is 4. The van der Waals surface area contributed by atoms with Gasteiger partial charge in [0.25, 0.3) is 0 Å². The van der Waals surface area contributed by atoms with Crippen molar-refractivity contribution in [3.05, 3.63) is 23.2 Å². The lowest BCUT2D eigenvalue weighted by Crippen LogP contribution is -2.48. The van der Waals surface area contributed by atoms with Gasteiger partial charge in [0.05, 0.1) is 5.02 Å². The summed E-state index contributed by atoms with van der Waals surface area (Å²) in [7, 11) is 0. The van der Waals surface area contributed by atoms with Crippen molar-refractivity contribution in [3.8, 4) is 5.75 Å². The van der Waals surface area contributed by atoms with Crippen LogP contribution < -0.4 is 10.1 Å². The molecule has 21 heavy (non-hydrogen) atoms. The summed E-state index contributed by atoms with van der Waals surface area (Å²) in [5, 5.41) is 11.8. The monoisotopic (exact) mass is 325 g/mol. The summed E-state index contributed by atoms with van der Waals surface area (Å²) in [4.78, 5) is 11.3. The van der Waals surface area contributed by atoms with Crippen LogP contribution in [0.3, 0.4) is 0 Å². The van der Waals surface area contributed by atoms with Gasteiger partial charge in [-0.05, 0) is 31.0 Å². The predicted octanol–water partition coefficient (Wildman–Crippen LogP) is 4.15. The van der Waals surface area contributed by atoms with E-state index in [0.717, 1.165) is 6.07 Å². The maximum absolute atomic E-state index is 12.1. The minimum atomic E-state index is -4.84. The molecule has 8 heteroatoms. The van der Waals surface area contributed by atoms with Gasteiger partial charge in [0.2, 0.25) is 0 Å². The second kappa shape index (κ2) is 6.01. The van der Waals surface area contributed by atoms with E-state index in [1.807, 2.05) is 0 Å².